The van der Waals surface area contributed by atoms with Gasteiger partial charge in [0.05, 0.1) is 27.6 Å². The van der Waals surface area contributed by atoms with Crippen molar-refractivity contribution < 1.29 is 8.83 Å². The third-order valence-electron chi connectivity index (χ3n) is 14.2. The number of furan rings is 2. The van der Waals surface area contributed by atoms with Gasteiger partial charge < -0.3 is 18.0 Å². The van der Waals surface area contributed by atoms with Crippen LogP contribution in [0.4, 0.5) is 0 Å². The summed E-state index contributed by atoms with van der Waals surface area (Å²) < 4.78 is 18.1. The van der Waals surface area contributed by atoms with E-state index in [1.807, 2.05) is 97.1 Å². The van der Waals surface area contributed by atoms with Gasteiger partial charge in [-0.2, -0.15) is 5.26 Å². The highest BCUT2D eigenvalue weighted by atomic mass is 16.3. The molecule has 0 N–H and O–H groups in total. The summed E-state index contributed by atoms with van der Waals surface area (Å²) >= 11 is 0. The van der Waals surface area contributed by atoms with Crippen LogP contribution in [-0.2, 0) is 0 Å². The molecule has 0 radical (unpaired) electrons. The molecule has 15 aromatic rings. The van der Waals surface area contributed by atoms with E-state index < -0.39 is 0 Å². The Hall–Kier alpha value is -10.1. The maximum absolute atomic E-state index is 11.6. The molecule has 0 atom stereocenters. The van der Waals surface area contributed by atoms with Crippen molar-refractivity contribution in [2.24, 2.45) is 0 Å². The topological polar surface area (TPSA) is 98.6 Å². The van der Waals surface area contributed by atoms with Gasteiger partial charge in [-0.3, -0.25) is 0 Å². The Balaban J connectivity index is 1.10. The van der Waals surface area contributed by atoms with Crippen molar-refractivity contribution in [2.45, 2.75) is 0 Å². The van der Waals surface area contributed by atoms with Crippen molar-refractivity contribution in [3.05, 3.63) is 224 Å². The molecular weight excluding hydrogens is 885 g/mol. The minimum absolute atomic E-state index is 0.406. The molecule has 0 amide bonds. The van der Waals surface area contributed by atoms with Crippen LogP contribution < -0.4 is 0 Å². The van der Waals surface area contributed by atoms with Gasteiger partial charge in [0, 0.05) is 71.0 Å². The van der Waals surface area contributed by atoms with Crippen LogP contribution in [0, 0.1) is 11.3 Å². The lowest BCUT2D eigenvalue weighted by Gasteiger charge is -2.16. The number of nitrogens with zero attached hydrogens (tertiary/aromatic N) is 6. The molecular formula is C64H36N6O2. The van der Waals surface area contributed by atoms with Crippen LogP contribution in [0.1, 0.15) is 5.56 Å². The van der Waals surface area contributed by atoms with E-state index in [0.717, 1.165) is 104 Å². The zero-order valence-electron chi connectivity index (χ0n) is 38.3. The van der Waals surface area contributed by atoms with E-state index in [4.69, 9.17) is 23.8 Å². The van der Waals surface area contributed by atoms with Gasteiger partial charge in [-0.15, -0.1) is 0 Å². The Labute approximate surface area is 410 Å². The van der Waals surface area contributed by atoms with Gasteiger partial charge in [-0.1, -0.05) is 158 Å². The molecule has 0 bridgehead atoms. The highest BCUT2D eigenvalue weighted by Crippen LogP contribution is 2.49. The zero-order valence-corrected chi connectivity index (χ0v) is 38.3. The molecule has 8 heteroatoms. The third kappa shape index (κ3) is 5.82. The number of nitriles is 1. The van der Waals surface area contributed by atoms with Crippen molar-refractivity contribution in [3.63, 3.8) is 0 Å². The molecule has 0 saturated carbocycles. The molecule has 5 heterocycles. The number of hydrogen-bond acceptors (Lipinski definition) is 6. The molecule has 72 heavy (non-hydrogen) atoms. The summed E-state index contributed by atoms with van der Waals surface area (Å²) in [6.07, 6.45) is 0. The molecule has 15 rings (SSSR count). The van der Waals surface area contributed by atoms with Crippen LogP contribution in [0.3, 0.4) is 0 Å². The Bertz CT molecular complexity index is 4690. The van der Waals surface area contributed by atoms with Gasteiger partial charge >= 0.3 is 0 Å². The second kappa shape index (κ2) is 15.5. The summed E-state index contributed by atoms with van der Waals surface area (Å²) in [5.74, 6) is 1.49. The number of fused-ring (bicyclic) bond motifs is 13. The van der Waals surface area contributed by atoms with Gasteiger partial charge in [0.2, 0.25) is 0 Å². The molecule has 5 aromatic heterocycles. The molecule has 0 fully saturated rings. The SMILES string of the molecule is N#Cc1cc(-c2nc(-c3ccccc3)nc(-c3ccccc3)n2)c2c(oc3ccccc32)c1-n1c2ccccc2c2cc(-c3ccc4oc5ccccc5c4c3)c3c(c4ccccc4n3-c3ccccc3)c21. The monoisotopic (exact) mass is 920 g/mol. The summed E-state index contributed by atoms with van der Waals surface area (Å²) in [7, 11) is 0. The normalized spacial score (nSPS) is 11.9. The highest BCUT2D eigenvalue weighted by molar-refractivity contribution is 6.30. The fraction of sp³-hybridized carbons (Fsp3) is 0. The lowest BCUT2D eigenvalue weighted by Crippen LogP contribution is -2.03. The average molecular weight is 921 g/mol. The lowest BCUT2D eigenvalue weighted by atomic mass is 9.96. The number of benzene rings is 10. The first-order valence-electron chi connectivity index (χ1n) is 23.9. The van der Waals surface area contributed by atoms with E-state index in [2.05, 4.69) is 137 Å². The minimum atomic E-state index is 0.406. The van der Waals surface area contributed by atoms with E-state index in [9.17, 15) is 5.26 Å². The molecule has 0 aliphatic heterocycles. The highest BCUT2D eigenvalue weighted by Gasteiger charge is 2.29. The minimum Gasteiger partial charge on any atom is -0.456 e. The first kappa shape index (κ1) is 39.9. The van der Waals surface area contributed by atoms with Gasteiger partial charge in [0.1, 0.15) is 28.5 Å². The Morgan fingerprint density at radius 2 is 0.931 bits per heavy atom. The third-order valence-corrected chi connectivity index (χ3v) is 14.2. The first-order chi connectivity index (χ1) is 35.7. The number of rotatable bonds is 6. The molecule has 0 aliphatic carbocycles. The van der Waals surface area contributed by atoms with Gasteiger partial charge in [0.15, 0.2) is 23.1 Å². The van der Waals surface area contributed by atoms with E-state index in [-0.39, 0.29) is 0 Å². The Morgan fingerprint density at radius 3 is 1.62 bits per heavy atom. The molecule has 0 saturated heterocycles. The predicted molar refractivity (Wildman–Crippen MR) is 290 cm³/mol. The van der Waals surface area contributed by atoms with Crippen LogP contribution in [0.25, 0.3) is 144 Å². The summed E-state index contributed by atoms with van der Waals surface area (Å²) in [5, 5.41) is 19.6. The standard InChI is InChI=1S/C64H36N6O2/c65-37-41-35-50(64-67-62(38-18-4-1-5-19-38)66-63(68-64)39-20-6-2-7-21-39)56-46-27-13-17-31-54(46)72-61(56)58(41)70-51-28-14-10-24-43(51)49-36-47(40-32-33-55-48(34-40)44-25-12-16-30-53(44)71-55)59-57(60(49)70)45-26-11-15-29-52(45)69(59)42-22-8-3-9-23-42/h1-36H. The van der Waals surface area contributed by atoms with Crippen molar-refractivity contribution in [3.8, 4) is 62.7 Å². The molecule has 0 spiro atoms. The number of para-hydroxylation sites is 5. The second-order valence-electron chi connectivity index (χ2n) is 18.2. The van der Waals surface area contributed by atoms with E-state index in [0.29, 0.717) is 45.5 Å². The smallest absolute Gasteiger partial charge is 0.164 e. The molecule has 0 aliphatic rings. The number of aromatic nitrogens is 5. The number of hydrogen-bond donors (Lipinski definition) is 0. The van der Waals surface area contributed by atoms with E-state index in [1.165, 1.54) is 0 Å². The molecule has 8 nitrogen and oxygen atoms in total. The predicted octanol–water partition coefficient (Wildman–Crippen LogP) is 16.4. The van der Waals surface area contributed by atoms with Crippen LogP contribution in [-0.4, -0.2) is 24.1 Å². The molecule has 334 valence electrons. The van der Waals surface area contributed by atoms with Gasteiger partial charge in [-0.25, -0.2) is 15.0 Å². The summed E-state index contributed by atoms with van der Waals surface area (Å²) in [4.78, 5) is 15.4. The zero-order chi connectivity index (χ0) is 47.4. The quantitative estimate of drug-likeness (QED) is 0.165. The fourth-order valence-electron chi connectivity index (χ4n) is 11.1. The van der Waals surface area contributed by atoms with Crippen molar-refractivity contribution in [1.29, 1.82) is 5.26 Å². The van der Waals surface area contributed by atoms with Gasteiger partial charge in [0.25, 0.3) is 0 Å². The van der Waals surface area contributed by atoms with E-state index >= 15 is 0 Å². The molecule has 0 unspecified atom stereocenters. The maximum Gasteiger partial charge on any atom is 0.164 e. The summed E-state index contributed by atoms with van der Waals surface area (Å²) in [6.45, 7) is 0. The van der Waals surface area contributed by atoms with Crippen molar-refractivity contribution in [1.82, 2.24) is 24.1 Å². The maximum atomic E-state index is 11.6. The fourth-order valence-corrected chi connectivity index (χ4v) is 11.1. The Kier molecular flexibility index (Phi) is 8.55. The Morgan fingerprint density at radius 1 is 0.375 bits per heavy atom. The average Bonchev–Trinajstić information content (AvgIpc) is 4.21. The van der Waals surface area contributed by atoms with Crippen molar-refractivity contribution in [2.75, 3.05) is 0 Å². The summed E-state index contributed by atoms with van der Waals surface area (Å²) in [6, 6.07) is 77.4. The van der Waals surface area contributed by atoms with Crippen LogP contribution in [0.2, 0.25) is 0 Å². The first-order valence-corrected chi connectivity index (χ1v) is 23.9. The second-order valence-corrected chi connectivity index (χ2v) is 18.2. The van der Waals surface area contributed by atoms with Crippen LogP contribution in [0.5, 0.6) is 0 Å². The molecule has 10 aromatic carbocycles. The van der Waals surface area contributed by atoms with E-state index in [1.54, 1.807) is 0 Å². The lowest BCUT2D eigenvalue weighted by molar-refractivity contribution is 0.666. The van der Waals surface area contributed by atoms with Crippen LogP contribution >= 0.6 is 0 Å². The summed E-state index contributed by atoms with van der Waals surface area (Å²) in [5.41, 5.74) is 13.5. The van der Waals surface area contributed by atoms with Crippen LogP contribution in [0.15, 0.2) is 227 Å². The van der Waals surface area contributed by atoms with Crippen molar-refractivity contribution >= 4 is 87.5 Å². The van der Waals surface area contributed by atoms with Gasteiger partial charge in [-0.05, 0) is 66.2 Å². The largest absolute Gasteiger partial charge is 0.456 e.